The Morgan fingerprint density at radius 3 is 2.68 bits per heavy atom. The number of aldehydes is 1. The topological polar surface area (TPSA) is 44.8 Å². The van der Waals surface area contributed by atoms with Gasteiger partial charge in [-0.1, -0.05) is 24.8 Å². The van der Waals surface area contributed by atoms with Gasteiger partial charge in [-0.3, -0.25) is 4.79 Å². The van der Waals surface area contributed by atoms with Crippen LogP contribution in [0.4, 0.5) is 0 Å². The molecule has 1 aliphatic rings. The second-order valence-electron chi connectivity index (χ2n) is 8.53. The lowest BCUT2D eigenvalue weighted by molar-refractivity contribution is -0.104. The highest BCUT2D eigenvalue weighted by atomic mass is 16.5. The van der Waals surface area contributed by atoms with Crippen LogP contribution in [-0.4, -0.2) is 25.1 Å². The molecule has 1 aliphatic heterocycles. The molecule has 0 aromatic heterocycles. The standard InChI is InChI=1S/C27H32O4/c1-7-13-29-25-19(3)20(4)26-24(21(25)5)11-12-27(6,31-26)17-30-23-10-8-9-22(15-23)14-18(2)16-28/h7-10,14-16H,1,11-13,17H2,2-6H3/b18-14+. The molecule has 0 amide bonds. The van der Waals surface area contributed by atoms with Crippen LogP contribution in [0.2, 0.25) is 0 Å². The largest absolute Gasteiger partial charge is 0.489 e. The Bertz CT molecular complexity index is 1020. The SMILES string of the molecule is C=CCOc1c(C)c(C)c2c(c1C)CCC(C)(COc1cccc(/C=C(\C)C=O)c1)O2. The Labute approximate surface area is 185 Å². The van der Waals surface area contributed by atoms with E-state index < -0.39 is 5.60 Å². The van der Waals surface area contributed by atoms with Crippen molar-refractivity contribution in [2.24, 2.45) is 0 Å². The monoisotopic (exact) mass is 420 g/mol. The third-order valence-electron chi connectivity index (χ3n) is 5.89. The lowest BCUT2D eigenvalue weighted by atomic mass is 9.87. The molecular weight excluding hydrogens is 388 g/mol. The quantitative estimate of drug-likeness (QED) is 0.301. The number of ether oxygens (including phenoxy) is 3. The number of allylic oxidation sites excluding steroid dienone is 1. The van der Waals surface area contributed by atoms with E-state index in [1.165, 1.54) is 5.56 Å². The predicted molar refractivity (Wildman–Crippen MR) is 125 cm³/mol. The van der Waals surface area contributed by atoms with Crippen LogP contribution in [0.15, 0.2) is 42.5 Å². The Morgan fingerprint density at radius 1 is 1.19 bits per heavy atom. The predicted octanol–water partition coefficient (Wildman–Crippen LogP) is 5.94. The molecule has 4 nitrogen and oxygen atoms in total. The molecule has 3 rings (SSSR count). The van der Waals surface area contributed by atoms with Gasteiger partial charge in [0.1, 0.15) is 42.3 Å². The smallest absolute Gasteiger partial charge is 0.145 e. The summed E-state index contributed by atoms with van der Waals surface area (Å²) in [5.74, 6) is 2.66. The van der Waals surface area contributed by atoms with Crippen molar-refractivity contribution in [3.05, 3.63) is 70.3 Å². The van der Waals surface area contributed by atoms with Gasteiger partial charge in [0.15, 0.2) is 0 Å². The molecule has 1 atom stereocenters. The van der Waals surface area contributed by atoms with Crippen molar-refractivity contribution in [1.82, 2.24) is 0 Å². The first-order chi connectivity index (χ1) is 14.8. The molecule has 0 bridgehead atoms. The van der Waals surface area contributed by atoms with Crippen molar-refractivity contribution >= 4 is 12.4 Å². The number of hydrogen-bond acceptors (Lipinski definition) is 4. The fraction of sp³-hybridized carbons (Fsp3) is 0.370. The van der Waals surface area contributed by atoms with Crippen LogP contribution in [0.3, 0.4) is 0 Å². The zero-order valence-electron chi connectivity index (χ0n) is 19.2. The maximum Gasteiger partial charge on any atom is 0.145 e. The number of benzene rings is 2. The van der Waals surface area contributed by atoms with Gasteiger partial charge in [-0.25, -0.2) is 0 Å². The van der Waals surface area contributed by atoms with E-state index in [0.29, 0.717) is 18.8 Å². The first-order valence-corrected chi connectivity index (χ1v) is 10.7. The Morgan fingerprint density at radius 2 is 1.97 bits per heavy atom. The van der Waals surface area contributed by atoms with Gasteiger partial charge in [0.05, 0.1) is 0 Å². The second-order valence-corrected chi connectivity index (χ2v) is 8.53. The summed E-state index contributed by atoms with van der Waals surface area (Å²) >= 11 is 0. The minimum Gasteiger partial charge on any atom is -0.489 e. The first kappa shape index (κ1) is 22.7. The zero-order chi connectivity index (χ0) is 22.6. The Kier molecular flexibility index (Phi) is 6.89. The van der Waals surface area contributed by atoms with Gasteiger partial charge in [-0.15, -0.1) is 0 Å². The van der Waals surface area contributed by atoms with E-state index in [2.05, 4.69) is 34.3 Å². The molecule has 1 unspecified atom stereocenters. The highest BCUT2D eigenvalue weighted by Gasteiger charge is 2.35. The van der Waals surface area contributed by atoms with Gasteiger partial charge in [-0.05, 0) is 93.5 Å². The van der Waals surface area contributed by atoms with Crippen molar-refractivity contribution < 1.29 is 19.0 Å². The average molecular weight is 421 g/mol. The van der Waals surface area contributed by atoms with Gasteiger partial charge in [0, 0.05) is 5.56 Å². The lowest BCUT2D eigenvalue weighted by Crippen LogP contribution is -2.42. The molecule has 164 valence electrons. The van der Waals surface area contributed by atoms with Crippen LogP contribution in [0.5, 0.6) is 17.2 Å². The molecule has 0 saturated carbocycles. The molecule has 0 N–H and O–H groups in total. The number of fused-ring (bicyclic) bond motifs is 1. The van der Waals surface area contributed by atoms with E-state index >= 15 is 0 Å². The molecule has 2 aromatic rings. The summed E-state index contributed by atoms with van der Waals surface area (Å²) < 4.78 is 18.6. The van der Waals surface area contributed by atoms with E-state index in [1.807, 2.05) is 30.3 Å². The van der Waals surface area contributed by atoms with Gasteiger partial charge < -0.3 is 14.2 Å². The molecular formula is C27H32O4. The van der Waals surface area contributed by atoms with Crippen molar-refractivity contribution in [2.75, 3.05) is 13.2 Å². The molecule has 2 aromatic carbocycles. The summed E-state index contributed by atoms with van der Waals surface area (Å²) in [6, 6.07) is 7.75. The van der Waals surface area contributed by atoms with Crippen LogP contribution in [0.25, 0.3) is 6.08 Å². The third-order valence-corrected chi connectivity index (χ3v) is 5.89. The van der Waals surface area contributed by atoms with Crippen LogP contribution < -0.4 is 14.2 Å². The highest BCUT2D eigenvalue weighted by molar-refractivity contribution is 5.80. The van der Waals surface area contributed by atoms with Crippen molar-refractivity contribution in [2.45, 2.75) is 53.1 Å². The summed E-state index contributed by atoms with van der Waals surface area (Å²) in [6.07, 6.45) is 6.23. The van der Waals surface area contributed by atoms with Crippen molar-refractivity contribution in [3.63, 3.8) is 0 Å². The van der Waals surface area contributed by atoms with Crippen molar-refractivity contribution in [1.29, 1.82) is 0 Å². The lowest BCUT2D eigenvalue weighted by Gasteiger charge is -2.38. The number of hydrogen-bond donors (Lipinski definition) is 0. The maximum absolute atomic E-state index is 10.9. The van der Waals surface area contributed by atoms with Gasteiger partial charge in [-0.2, -0.15) is 0 Å². The fourth-order valence-electron chi connectivity index (χ4n) is 3.97. The van der Waals surface area contributed by atoms with Crippen LogP contribution in [-0.2, 0) is 11.2 Å². The Balaban J connectivity index is 1.79. The normalized spacial score (nSPS) is 18.0. The number of carbonyl (C=O) groups excluding carboxylic acids is 1. The van der Waals surface area contributed by atoms with E-state index in [0.717, 1.165) is 58.6 Å². The summed E-state index contributed by atoms with van der Waals surface area (Å²) in [5, 5.41) is 0. The van der Waals surface area contributed by atoms with Gasteiger partial charge in [0.2, 0.25) is 0 Å². The fourth-order valence-corrected chi connectivity index (χ4v) is 3.97. The molecule has 1 heterocycles. The van der Waals surface area contributed by atoms with E-state index in [9.17, 15) is 4.79 Å². The molecule has 0 aliphatic carbocycles. The molecule has 0 spiro atoms. The summed E-state index contributed by atoms with van der Waals surface area (Å²) in [5.41, 5.74) is 5.77. The second kappa shape index (κ2) is 9.42. The molecule has 0 fully saturated rings. The third kappa shape index (κ3) is 5.01. The molecule has 0 radical (unpaired) electrons. The first-order valence-electron chi connectivity index (χ1n) is 10.7. The van der Waals surface area contributed by atoms with E-state index in [1.54, 1.807) is 13.0 Å². The van der Waals surface area contributed by atoms with E-state index in [-0.39, 0.29) is 0 Å². The Hall–Kier alpha value is -3.01. The van der Waals surface area contributed by atoms with Crippen LogP contribution in [0.1, 0.15) is 48.1 Å². The average Bonchev–Trinajstić information content (AvgIpc) is 2.76. The van der Waals surface area contributed by atoms with Crippen LogP contribution >= 0.6 is 0 Å². The zero-order valence-corrected chi connectivity index (χ0v) is 19.2. The number of carbonyl (C=O) groups is 1. The minimum atomic E-state index is -0.426. The highest BCUT2D eigenvalue weighted by Crippen LogP contribution is 2.43. The summed E-state index contributed by atoms with van der Waals surface area (Å²) in [7, 11) is 0. The molecule has 0 saturated heterocycles. The van der Waals surface area contributed by atoms with Crippen molar-refractivity contribution in [3.8, 4) is 17.2 Å². The van der Waals surface area contributed by atoms with Gasteiger partial charge in [0.25, 0.3) is 0 Å². The summed E-state index contributed by atoms with van der Waals surface area (Å²) in [4.78, 5) is 10.9. The van der Waals surface area contributed by atoms with Gasteiger partial charge >= 0.3 is 0 Å². The summed E-state index contributed by atoms with van der Waals surface area (Å²) in [6.45, 7) is 14.8. The van der Waals surface area contributed by atoms with Crippen LogP contribution in [0, 0.1) is 20.8 Å². The van der Waals surface area contributed by atoms with E-state index in [4.69, 9.17) is 14.2 Å². The number of rotatable bonds is 8. The molecule has 31 heavy (non-hydrogen) atoms. The maximum atomic E-state index is 10.9. The minimum absolute atomic E-state index is 0.426. The molecule has 4 heteroatoms.